The quantitative estimate of drug-likeness (QED) is 0.245. The lowest BCUT2D eigenvalue weighted by molar-refractivity contribution is -0.188. The summed E-state index contributed by atoms with van der Waals surface area (Å²) in [6, 6.07) is 10.9. The Balaban J connectivity index is 0.000000568. The van der Waals surface area contributed by atoms with E-state index in [4.69, 9.17) is 10.5 Å². The summed E-state index contributed by atoms with van der Waals surface area (Å²) in [5, 5.41) is 25.2. The minimum Gasteiger partial charge on any atom is -0.391 e. The second-order valence-corrected chi connectivity index (χ2v) is 8.75. The number of piperidine rings is 2. The lowest BCUT2D eigenvalue weighted by Crippen LogP contribution is -2.58. The summed E-state index contributed by atoms with van der Waals surface area (Å²) in [7, 11) is 0. The van der Waals surface area contributed by atoms with Gasteiger partial charge in [-0.15, -0.1) is 0 Å². The molecule has 2 unspecified atom stereocenters. The fourth-order valence-electron chi connectivity index (χ4n) is 4.62. The lowest BCUT2D eigenvalue weighted by Gasteiger charge is -2.44. The zero-order valence-corrected chi connectivity index (χ0v) is 19.9. The molecule has 0 spiro atoms. The number of nitrogens with zero attached hydrogens (tertiary/aromatic N) is 2. The van der Waals surface area contributed by atoms with Crippen molar-refractivity contribution in [3.05, 3.63) is 71.3 Å². The van der Waals surface area contributed by atoms with E-state index in [1.807, 2.05) is 0 Å². The van der Waals surface area contributed by atoms with Gasteiger partial charge in [-0.3, -0.25) is 24.3 Å². The first kappa shape index (κ1) is 28.0. The number of aliphatic hydroxyl groups excluding tert-OH is 1. The van der Waals surface area contributed by atoms with Crippen LogP contribution >= 0.6 is 0 Å². The molecule has 37 heavy (non-hydrogen) atoms. The predicted octanol–water partition coefficient (Wildman–Crippen LogP) is 3.02. The highest BCUT2D eigenvalue weighted by molar-refractivity contribution is 5.97. The lowest BCUT2D eigenvalue weighted by atomic mass is 9.87. The van der Waals surface area contributed by atoms with Gasteiger partial charge in [-0.25, -0.2) is 8.78 Å². The number of carbonyl (C=O) groups excluding carboxylic acids is 2. The Morgan fingerprint density at radius 1 is 0.811 bits per heavy atom. The summed E-state index contributed by atoms with van der Waals surface area (Å²) in [6.45, 7) is 2.15. The van der Waals surface area contributed by atoms with Crippen LogP contribution in [-0.2, 0) is 9.78 Å². The number of aliphatic hydroxyl groups is 1. The molecule has 11 heteroatoms. The molecule has 0 aliphatic carbocycles. The van der Waals surface area contributed by atoms with E-state index in [-0.39, 0.29) is 35.3 Å². The number of halogens is 2. The third kappa shape index (κ3) is 7.71. The summed E-state index contributed by atoms with van der Waals surface area (Å²) in [5.74, 6) is -1.02. The van der Waals surface area contributed by atoms with Crippen LogP contribution < -0.4 is 0 Å². The van der Waals surface area contributed by atoms with E-state index in [9.17, 15) is 23.5 Å². The number of carbonyl (C=O) groups is 2. The van der Waals surface area contributed by atoms with E-state index in [0.717, 1.165) is 0 Å². The number of amides is 1. The van der Waals surface area contributed by atoms with Crippen molar-refractivity contribution in [2.75, 3.05) is 26.2 Å². The van der Waals surface area contributed by atoms with Gasteiger partial charge in [0.25, 0.3) is 5.91 Å². The van der Waals surface area contributed by atoms with Crippen molar-refractivity contribution < 1.29 is 43.8 Å². The normalized spacial score (nSPS) is 20.1. The fourth-order valence-corrected chi connectivity index (χ4v) is 4.62. The van der Waals surface area contributed by atoms with Gasteiger partial charge in [-0.1, -0.05) is 0 Å². The van der Waals surface area contributed by atoms with Crippen LogP contribution in [0.1, 0.15) is 40.0 Å². The number of hydrogen-bond acceptors (Lipinski definition) is 8. The van der Waals surface area contributed by atoms with Gasteiger partial charge in [0.05, 0.1) is 12.1 Å². The number of rotatable bonds is 4. The molecule has 2 atom stereocenters. The standard InChI is InChI=1S/C24H26F2N2O3.C2H2O4/c25-19-5-1-16(2-6-19)23(30)17-9-12-27(13-10-17)21-15-28(14-11-22(21)29)24(31)18-3-7-20(26)8-4-18;3-5-1-2-6-4/h1-8,17,21-22,29H,9-15H2;3-4H. The van der Waals surface area contributed by atoms with Crippen molar-refractivity contribution in [1.29, 1.82) is 0 Å². The number of hydrogen-bond donors (Lipinski definition) is 3. The third-order valence-electron chi connectivity index (χ3n) is 6.56. The highest BCUT2D eigenvalue weighted by Crippen LogP contribution is 2.27. The zero-order chi connectivity index (χ0) is 26.8. The Labute approximate surface area is 212 Å². The maximum Gasteiger partial charge on any atom is 0.253 e. The number of ketones is 1. The molecular weight excluding hydrogens is 490 g/mol. The summed E-state index contributed by atoms with van der Waals surface area (Å²) >= 11 is 0. The molecule has 3 N–H and O–H groups in total. The van der Waals surface area contributed by atoms with Crippen LogP contribution in [0.25, 0.3) is 0 Å². The molecule has 0 bridgehead atoms. The first-order chi connectivity index (χ1) is 17.8. The zero-order valence-electron chi connectivity index (χ0n) is 19.9. The van der Waals surface area contributed by atoms with E-state index in [2.05, 4.69) is 14.7 Å². The molecule has 198 valence electrons. The Bertz CT molecular complexity index is 1090. The summed E-state index contributed by atoms with van der Waals surface area (Å²) in [4.78, 5) is 35.6. The number of likely N-dealkylation sites (tertiary alicyclic amines) is 2. The highest BCUT2D eigenvalue weighted by Gasteiger charge is 2.37. The van der Waals surface area contributed by atoms with Crippen LogP contribution in [0.15, 0.2) is 48.5 Å². The molecule has 2 aromatic rings. The van der Waals surface area contributed by atoms with Crippen LogP contribution in [0, 0.1) is 29.8 Å². The van der Waals surface area contributed by atoms with Crippen molar-refractivity contribution in [1.82, 2.24) is 9.80 Å². The minimum absolute atomic E-state index is 0.0250. The van der Waals surface area contributed by atoms with Gasteiger partial charge in [0.2, 0.25) is 12.2 Å². The molecule has 9 nitrogen and oxygen atoms in total. The molecule has 2 saturated heterocycles. The van der Waals surface area contributed by atoms with Crippen LogP contribution in [0.2, 0.25) is 0 Å². The van der Waals surface area contributed by atoms with Gasteiger partial charge in [-0.05, 0) is 80.9 Å². The van der Waals surface area contributed by atoms with Crippen LogP contribution in [0.5, 0.6) is 0 Å². The average molecular weight is 519 g/mol. The SMILES string of the molecule is O=C(c1ccc(F)cc1)C1CCN(C2CN(C(=O)c3ccc(F)cc3)CCC2O)CC1.OOC#COO. The topological polar surface area (TPSA) is 120 Å². The third-order valence-corrected chi connectivity index (χ3v) is 6.56. The Morgan fingerprint density at radius 3 is 1.84 bits per heavy atom. The number of benzene rings is 2. The van der Waals surface area contributed by atoms with Crippen molar-refractivity contribution >= 4 is 11.7 Å². The van der Waals surface area contributed by atoms with Gasteiger partial charge >= 0.3 is 0 Å². The second-order valence-electron chi connectivity index (χ2n) is 8.75. The average Bonchev–Trinajstić information content (AvgIpc) is 2.93. The van der Waals surface area contributed by atoms with Crippen molar-refractivity contribution in [2.24, 2.45) is 5.92 Å². The molecule has 1 amide bonds. The van der Waals surface area contributed by atoms with Gasteiger partial charge in [0.1, 0.15) is 11.6 Å². The Hall–Kier alpha value is -3.56. The summed E-state index contributed by atoms with van der Waals surface area (Å²) < 4.78 is 26.3. The Kier molecular flexibility index (Phi) is 10.3. The highest BCUT2D eigenvalue weighted by atomic mass is 19.1. The van der Waals surface area contributed by atoms with E-state index in [0.29, 0.717) is 56.6 Å². The first-order valence-electron chi connectivity index (χ1n) is 11.7. The molecule has 0 saturated carbocycles. The van der Waals surface area contributed by atoms with E-state index in [1.54, 1.807) is 4.90 Å². The number of Topliss-reactive ketones (excluding diaryl/α,β-unsaturated/α-hetero) is 1. The molecule has 0 aromatic heterocycles. The fraction of sp³-hybridized carbons (Fsp3) is 0.385. The molecule has 0 radical (unpaired) electrons. The van der Waals surface area contributed by atoms with Crippen molar-refractivity contribution in [3.63, 3.8) is 0 Å². The molecule has 2 aliphatic rings. The smallest absolute Gasteiger partial charge is 0.253 e. The predicted molar refractivity (Wildman–Crippen MR) is 127 cm³/mol. The van der Waals surface area contributed by atoms with Gasteiger partial charge in [-0.2, -0.15) is 10.5 Å². The molecule has 2 fully saturated rings. The van der Waals surface area contributed by atoms with Crippen LogP contribution in [0.4, 0.5) is 8.78 Å². The second kappa shape index (κ2) is 13.7. The molecule has 4 rings (SSSR count). The Morgan fingerprint density at radius 2 is 1.32 bits per heavy atom. The molecular formula is C26H28F2N2O7. The van der Waals surface area contributed by atoms with E-state index >= 15 is 0 Å². The first-order valence-corrected chi connectivity index (χ1v) is 11.7. The summed E-state index contributed by atoms with van der Waals surface area (Å²) in [5.41, 5.74) is 0.953. The van der Waals surface area contributed by atoms with E-state index in [1.165, 1.54) is 60.7 Å². The van der Waals surface area contributed by atoms with Gasteiger partial charge < -0.3 is 10.0 Å². The summed E-state index contributed by atoms with van der Waals surface area (Å²) in [6.07, 6.45) is 4.32. The van der Waals surface area contributed by atoms with Crippen molar-refractivity contribution in [3.8, 4) is 12.2 Å². The maximum atomic E-state index is 13.2. The van der Waals surface area contributed by atoms with Crippen LogP contribution in [0.3, 0.4) is 0 Å². The molecule has 2 aliphatic heterocycles. The van der Waals surface area contributed by atoms with Gasteiger partial charge in [0, 0.05) is 30.1 Å². The maximum absolute atomic E-state index is 13.2. The molecule has 2 heterocycles. The van der Waals surface area contributed by atoms with Crippen molar-refractivity contribution in [2.45, 2.75) is 31.4 Å². The van der Waals surface area contributed by atoms with Crippen LogP contribution in [-0.4, -0.2) is 75.4 Å². The van der Waals surface area contributed by atoms with E-state index < -0.39 is 6.10 Å². The minimum atomic E-state index is -0.540. The molecule has 2 aromatic carbocycles. The monoisotopic (exact) mass is 518 g/mol. The van der Waals surface area contributed by atoms with Gasteiger partial charge in [0.15, 0.2) is 5.78 Å². The largest absolute Gasteiger partial charge is 0.391 e.